The number of rotatable bonds is 3. The van der Waals surface area contributed by atoms with Crippen molar-refractivity contribution in [3.05, 3.63) is 0 Å². The second-order valence-corrected chi connectivity index (χ2v) is 6.20. The van der Waals surface area contributed by atoms with E-state index in [1.54, 1.807) is 0 Å². The molecular formula is C13H22N2O. The van der Waals surface area contributed by atoms with Gasteiger partial charge in [0.15, 0.2) is 0 Å². The van der Waals surface area contributed by atoms with Crippen molar-refractivity contribution in [2.24, 2.45) is 35.4 Å². The lowest BCUT2D eigenvalue weighted by molar-refractivity contribution is -0.122. The fourth-order valence-corrected chi connectivity index (χ4v) is 4.88. The summed E-state index contributed by atoms with van der Waals surface area (Å²) in [6.45, 7) is 0. The molecule has 0 unspecified atom stereocenters. The Labute approximate surface area is 97.1 Å². The highest BCUT2D eigenvalue weighted by Crippen LogP contribution is 2.57. The van der Waals surface area contributed by atoms with E-state index in [-0.39, 0.29) is 5.91 Å². The summed E-state index contributed by atoms with van der Waals surface area (Å²) < 4.78 is 0. The van der Waals surface area contributed by atoms with Crippen LogP contribution >= 0.6 is 0 Å². The maximum atomic E-state index is 11.2. The van der Waals surface area contributed by atoms with Crippen LogP contribution in [0.1, 0.15) is 44.9 Å². The van der Waals surface area contributed by atoms with Crippen LogP contribution in [-0.2, 0) is 4.79 Å². The topological polar surface area (TPSA) is 55.1 Å². The molecular weight excluding hydrogens is 200 g/mol. The zero-order valence-corrected chi connectivity index (χ0v) is 9.82. The zero-order valence-electron chi connectivity index (χ0n) is 9.82. The highest BCUT2D eigenvalue weighted by molar-refractivity contribution is 5.75. The van der Waals surface area contributed by atoms with Gasteiger partial charge < -0.3 is 0 Å². The van der Waals surface area contributed by atoms with Gasteiger partial charge in [0.25, 0.3) is 0 Å². The first-order valence-corrected chi connectivity index (χ1v) is 6.75. The molecule has 1 amide bonds. The van der Waals surface area contributed by atoms with Crippen molar-refractivity contribution >= 4 is 5.91 Å². The fourth-order valence-electron chi connectivity index (χ4n) is 4.88. The Hall–Kier alpha value is -0.570. The fraction of sp³-hybridized carbons (Fsp3) is 0.923. The summed E-state index contributed by atoms with van der Waals surface area (Å²) >= 11 is 0. The lowest BCUT2D eigenvalue weighted by atomic mass is 9.51. The zero-order chi connectivity index (χ0) is 11.1. The second kappa shape index (κ2) is 4.02. The van der Waals surface area contributed by atoms with Crippen LogP contribution in [0.15, 0.2) is 0 Å². The molecule has 4 rings (SSSR count). The molecule has 0 radical (unpaired) electrons. The Bertz CT molecular complexity index is 262. The first kappa shape index (κ1) is 10.6. The highest BCUT2D eigenvalue weighted by atomic mass is 16.2. The summed E-state index contributed by atoms with van der Waals surface area (Å²) in [4.78, 5) is 11.2. The number of hydrogen-bond acceptors (Lipinski definition) is 2. The Balaban J connectivity index is 1.61. The molecule has 16 heavy (non-hydrogen) atoms. The summed E-state index contributed by atoms with van der Waals surface area (Å²) in [6.07, 6.45) is 8.98. The predicted molar refractivity (Wildman–Crippen MR) is 62.1 cm³/mol. The summed E-state index contributed by atoms with van der Waals surface area (Å²) in [5.74, 6) is 9.89. The van der Waals surface area contributed by atoms with Crippen molar-refractivity contribution in [1.29, 1.82) is 0 Å². The average Bonchev–Trinajstić information content (AvgIpc) is 2.26. The molecule has 0 spiro atoms. The van der Waals surface area contributed by atoms with Gasteiger partial charge in [-0.3, -0.25) is 10.2 Å². The number of hydrogen-bond donors (Lipinski definition) is 2. The minimum absolute atomic E-state index is 0.00815. The predicted octanol–water partition coefficient (Wildman–Crippen LogP) is 1.83. The van der Waals surface area contributed by atoms with Crippen LogP contribution in [-0.4, -0.2) is 5.91 Å². The molecule has 0 aromatic rings. The number of nitrogens with two attached hydrogens (primary N) is 1. The second-order valence-electron chi connectivity index (χ2n) is 6.20. The Morgan fingerprint density at radius 3 is 2.12 bits per heavy atom. The molecule has 4 fully saturated rings. The van der Waals surface area contributed by atoms with Crippen LogP contribution in [0.3, 0.4) is 0 Å². The van der Waals surface area contributed by atoms with Gasteiger partial charge in [-0.15, -0.1) is 0 Å². The van der Waals surface area contributed by atoms with E-state index in [1.807, 2.05) is 0 Å². The van der Waals surface area contributed by atoms with Gasteiger partial charge in [0.2, 0.25) is 5.91 Å². The Morgan fingerprint density at radius 1 is 1.06 bits per heavy atom. The average molecular weight is 222 g/mol. The molecule has 4 aliphatic carbocycles. The van der Waals surface area contributed by atoms with Crippen molar-refractivity contribution in [3.8, 4) is 0 Å². The normalized spacial score (nSPS) is 44.7. The standard InChI is InChI=1S/C13H22N2O/c14-15-13(16)2-1-12-10-4-8-3-9(6-10)7-11(12)5-8/h8-12H,1-7,14H2,(H,15,16). The number of carbonyl (C=O) groups is 1. The first-order valence-electron chi connectivity index (χ1n) is 6.75. The maximum absolute atomic E-state index is 11.2. The van der Waals surface area contributed by atoms with E-state index < -0.39 is 0 Å². The summed E-state index contributed by atoms with van der Waals surface area (Å²) in [7, 11) is 0. The summed E-state index contributed by atoms with van der Waals surface area (Å²) in [5, 5.41) is 0. The lowest BCUT2D eigenvalue weighted by Crippen LogP contribution is -2.45. The minimum Gasteiger partial charge on any atom is -0.294 e. The molecule has 0 aliphatic heterocycles. The summed E-state index contributed by atoms with van der Waals surface area (Å²) in [5.41, 5.74) is 2.25. The third-order valence-corrected chi connectivity index (χ3v) is 5.29. The van der Waals surface area contributed by atoms with Crippen molar-refractivity contribution in [2.75, 3.05) is 0 Å². The van der Waals surface area contributed by atoms with Crippen molar-refractivity contribution in [1.82, 2.24) is 5.43 Å². The van der Waals surface area contributed by atoms with E-state index in [4.69, 9.17) is 5.84 Å². The maximum Gasteiger partial charge on any atom is 0.233 e. The van der Waals surface area contributed by atoms with Crippen LogP contribution in [0.2, 0.25) is 0 Å². The summed E-state index contributed by atoms with van der Waals surface area (Å²) in [6, 6.07) is 0. The van der Waals surface area contributed by atoms with Crippen LogP contribution < -0.4 is 11.3 Å². The number of carbonyl (C=O) groups excluding carboxylic acids is 1. The SMILES string of the molecule is NNC(=O)CCC1C2CC3CC(C2)CC1C3. The molecule has 0 heterocycles. The smallest absolute Gasteiger partial charge is 0.233 e. The largest absolute Gasteiger partial charge is 0.294 e. The van der Waals surface area contributed by atoms with Gasteiger partial charge in [-0.2, -0.15) is 0 Å². The van der Waals surface area contributed by atoms with E-state index in [0.29, 0.717) is 6.42 Å². The minimum atomic E-state index is 0.00815. The van der Waals surface area contributed by atoms with Crippen LogP contribution in [0.25, 0.3) is 0 Å². The molecule has 0 aromatic carbocycles. The van der Waals surface area contributed by atoms with Gasteiger partial charge >= 0.3 is 0 Å². The van der Waals surface area contributed by atoms with Crippen molar-refractivity contribution in [2.45, 2.75) is 44.9 Å². The van der Waals surface area contributed by atoms with E-state index >= 15 is 0 Å². The van der Waals surface area contributed by atoms with Gasteiger partial charge in [0, 0.05) is 6.42 Å². The van der Waals surface area contributed by atoms with Crippen LogP contribution in [0, 0.1) is 29.6 Å². The van der Waals surface area contributed by atoms with Gasteiger partial charge in [-0.05, 0) is 68.1 Å². The van der Waals surface area contributed by atoms with E-state index in [2.05, 4.69) is 5.43 Å². The number of hydrazine groups is 1. The molecule has 90 valence electrons. The molecule has 4 saturated carbocycles. The van der Waals surface area contributed by atoms with E-state index in [0.717, 1.165) is 36.0 Å². The Morgan fingerprint density at radius 2 is 1.62 bits per heavy atom. The van der Waals surface area contributed by atoms with Crippen molar-refractivity contribution < 1.29 is 4.79 Å². The molecule has 0 atom stereocenters. The number of nitrogens with one attached hydrogen (secondary N) is 1. The number of amides is 1. The Kier molecular flexibility index (Phi) is 2.66. The molecule has 3 heteroatoms. The molecule has 3 N–H and O–H groups in total. The van der Waals surface area contributed by atoms with Gasteiger partial charge in [0.1, 0.15) is 0 Å². The molecule has 4 bridgehead atoms. The van der Waals surface area contributed by atoms with Crippen LogP contribution in [0.4, 0.5) is 0 Å². The molecule has 3 nitrogen and oxygen atoms in total. The lowest BCUT2D eigenvalue weighted by Gasteiger charge is -2.54. The van der Waals surface area contributed by atoms with Crippen LogP contribution in [0.5, 0.6) is 0 Å². The van der Waals surface area contributed by atoms with E-state index in [9.17, 15) is 4.79 Å². The van der Waals surface area contributed by atoms with E-state index in [1.165, 1.54) is 32.1 Å². The van der Waals surface area contributed by atoms with Gasteiger partial charge in [-0.1, -0.05) is 0 Å². The van der Waals surface area contributed by atoms with Gasteiger partial charge in [-0.25, -0.2) is 5.84 Å². The molecule has 0 aromatic heterocycles. The monoisotopic (exact) mass is 222 g/mol. The van der Waals surface area contributed by atoms with Gasteiger partial charge in [0.05, 0.1) is 0 Å². The molecule has 0 saturated heterocycles. The first-order chi connectivity index (χ1) is 7.76. The quantitative estimate of drug-likeness (QED) is 0.435. The van der Waals surface area contributed by atoms with Crippen molar-refractivity contribution in [3.63, 3.8) is 0 Å². The molecule has 4 aliphatic rings. The third-order valence-electron chi connectivity index (χ3n) is 5.29. The highest BCUT2D eigenvalue weighted by Gasteiger charge is 2.47. The third kappa shape index (κ3) is 1.75.